The van der Waals surface area contributed by atoms with Crippen molar-refractivity contribution in [2.45, 2.75) is 251 Å². The van der Waals surface area contributed by atoms with Crippen molar-refractivity contribution >= 4 is 13.7 Å². The van der Waals surface area contributed by atoms with Crippen LogP contribution in [0.2, 0.25) is 0 Å². The lowest BCUT2D eigenvalue weighted by atomic mass is 10.0. The monoisotopic (exact) mass is 830 g/mol. The molecular formula is C48H98N2O6P+. The number of hydrogen-bond donors (Lipinski definition) is 3. The van der Waals surface area contributed by atoms with Gasteiger partial charge in [0.1, 0.15) is 13.2 Å². The third kappa shape index (κ3) is 43.1. The zero-order valence-corrected chi connectivity index (χ0v) is 39.5. The van der Waals surface area contributed by atoms with Crippen molar-refractivity contribution in [1.29, 1.82) is 0 Å². The minimum atomic E-state index is -4.33. The Labute approximate surface area is 354 Å². The van der Waals surface area contributed by atoms with Crippen molar-refractivity contribution in [3.8, 4) is 0 Å². The quantitative estimate of drug-likeness (QED) is 0.0244. The molecule has 0 heterocycles. The van der Waals surface area contributed by atoms with Gasteiger partial charge in [-0.2, -0.15) is 0 Å². The number of quaternary nitrogens is 1. The van der Waals surface area contributed by atoms with Crippen molar-refractivity contribution in [2.24, 2.45) is 0 Å². The van der Waals surface area contributed by atoms with Crippen molar-refractivity contribution in [2.75, 3.05) is 40.9 Å². The molecule has 0 radical (unpaired) electrons. The molecule has 340 valence electrons. The van der Waals surface area contributed by atoms with Crippen LogP contribution >= 0.6 is 7.82 Å². The van der Waals surface area contributed by atoms with E-state index in [9.17, 15) is 19.4 Å². The van der Waals surface area contributed by atoms with Crippen molar-refractivity contribution in [3.63, 3.8) is 0 Å². The van der Waals surface area contributed by atoms with Crippen LogP contribution in [0.5, 0.6) is 0 Å². The maximum Gasteiger partial charge on any atom is 0.472 e. The number of phosphoric acid groups is 1. The van der Waals surface area contributed by atoms with Gasteiger partial charge in [0.25, 0.3) is 0 Å². The first-order valence-corrected chi connectivity index (χ1v) is 26.0. The Hall–Kier alpha value is -0.760. The highest BCUT2D eigenvalue weighted by atomic mass is 31.2. The standard InChI is InChI=1S/C48H97N2O6P/c1-6-8-10-12-14-16-18-20-21-22-23-24-25-26-27-28-30-32-34-36-38-40-42-48(52)49-46(45-56-57(53,54)55-44-43-50(3,4)5)47(51)41-39-37-35-33-31-29-19-17-15-13-11-9-7-2/h37,39,46-47,51H,6-36,38,40-45H2,1-5H3,(H-,49,52,53,54)/p+1/t46-,47+/m0/s1. The summed E-state index contributed by atoms with van der Waals surface area (Å²) in [7, 11) is 1.59. The van der Waals surface area contributed by atoms with E-state index in [1.165, 1.54) is 180 Å². The van der Waals surface area contributed by atoms with Gasteiger partial charge in [0.15, 0.2) is 0 Å². The van der Waals surface area contributed by atoms with Crippen molar-refractivity contribution in [1.82, 2.24) is 5.32 Å². The van der Waals surface area contributed by atoms with Gasteiger partial charge in [-0.1, -0.05) is 219 Å². The number of nitrogens with one attached hydrogen (secondary N) is 1. The highest BCUT2D eigenvalue weighted by Gasteiger charge is 2.28. The summed E-state index contributed by atoms with van der Waals surface area (Å²) < 4.78 is 23.6. The Kier molecular flexibility index (Phi) is 40.1. The minimum absolute atomic E-state index is 0.0675. The predicted molar refractivity (Wildman–Crippen MR) is 245 cm³/mol. The van der Waals surface area contributed by atoms with Gasteiger partial charge in [0.2, 0.25) is 5.91 Å². The molecule has 57 heavy (non-hydrogen) atoms. The van der Waals surface area contributed by atoms with E-state index in [4.69, 9.17) is 9.05 Å². The van der Waals surface area contributed by atoms with Gasteiger partial charge < -0.3 is 19.8 Å². The summed E-state index contributed by atoms with van der Waals surface area (Å²) in [5.74, 6) is -0.163. The lowest BCUT2D eigenvalue weighted by Gasteiger charge is -2.26. The fourth-order valence-electron chi connectivity index (χ4n) is 7.33. The molecule has 1 unspecified atom stereocenters. The van der Waals surface area contributed by atoms with E-state index in [-0.39, 0.29) is 19.1 Å². The molecule has 1 amide bonds. The number of unbranched alkanes of at least 4 members (excludes halogenated alkanes) is 31. The number of aliphatic hydroxyl groups is 1. The molecule has 0 aliphatic carbocycles. The van der Waals surface area contributed by atoms with E-state index in [2.05, 4.69) is 25.2 Å². The molecule has 0 saturated heterocycles. The molecule has 0 saturated carbocycles. The molecule has 0 bridgehead atoms. The summed E-state index contributed by atoms with van der Waals surface area (Å²) in [6.45, 7) is 4.86. The van der Waals surface area contributed by atoms with Gasteiger partial charge in [-0.05, 0) is 25.7 Å². The molecule has 0 aliphatic heterocycles. The lowest BCUT2D eigenvalue weighted by Crippen LogP contribution is -2.46. The SMILES string of the molecule is CCCCCCCCCCCCC=CC[C@@H](O)[C@H](COP(=O)(O)OCC[N+](C)(C)C)NC(=O)CCCCCCCCCCCCCCCCCCCCCCCC. The largest absolute Gasteiger partial charge is 0.472 e. The second kappa shape index (κ2) is 40.6. The van der Waals surface area contributed by atoms with Gasteiger partial charge in [-0.3, -0.25) is 13.8 Å². The van der Waals surface area contributed by atoms with Crippen LogP contribution in [0, 0.1) is 0 Å². The number of hydrogen-bond acceptors (Lipinski definition) is 5. The lowest BCUT2D eigenvalue weighted by molar-refractivity contribution is -0.870. The molecule has 9 heteroatoms. The molecule has 0 fully saturated rings. The number of aliphatic hydroxyl groups excluding tert-OH is 1. The number of amides is 1. The highest BCUT2D eigenvalue weighted by molar-refractivity contribution is 7.47. The summed E-state index contributed by atoms with van der Waals surface area (Å²) in [6, 6.07) is -0.804. The van der Waals surface area contributed by atoms with Crippen LogP contribution in [-0.4, -0.2) is 73.4 Å². The second-order valence-corrected chi connectivity index (χ2v) is 19.7. The van der Waals surface area contributed by atoms with E-state index in [0.717, 1.165) is 32.1 Å². The summed E-state index contributed by atoms with van der Waals surface area (Å²) in [5, 5.41) is 13.9. The van der Waals surface area contributed by atoms with Gasteiger partial charge in [-0.25, -0.2) is 4.57 Å². The molecule has 8 nitrogen and oxygen atoms in total. The molecule has 3 N–H and O–H groups in total. The number of rotatable bonds is 45. The fraction of sp³-hybridized carbons (Fsp3) is 0.938. The van der Waals surface area contributed by atoms with E-state index in [1.807, 2.05) is 27.2 Å². The Bertz CT molecular complexity index is 942. The molecule has 0 aromatic carbocycles. The Morgan fingerprint density at radius 3 is 1.33 bits per heavy atom. The summed E-state index contributed by atoms with van der Waals surface area (Å²) in [5.41, 5.74) is 0. The molecule has 0 rings (SSSR count). The van der Waals surface area contributed by atoms with Crippen LogP contribution in [0.3, 0.4) is 0 Å². The maximum atomic E-state index is 12.9. The zero-order valence-electron chi connectivity index (χ0n) is 38.6. The van der Waals surface area contributed by atoms with Gasteiger partial charge in [0, 0.05) is 6.42 Å². The maximum absolute atomic E-state index is 12.9. The average molecular weight is 830 g/mol. The number of nitrogens with zero attached hydrogens (tertiary/aromatic N) is 1. The third-order valence-corrected chi connectivity index (χ3v) is 12.3. The molecule has 0 spiro atoms. The highest BCUT2D eigenvalue weighted by Crippen LogP contribution is 2.43. The van der Waals surface area contributed by atoms with Crippen molar-refractivity contribution in [3.05, 3.63) is 12.2 Å². The molecular weight excluding hydrogens is 732 g/mol. The van der Waals surface area contributed by atoms with Crippen LogP contribution in [0.15, 0.2) is 12.2 Å². The molecule has 0 aromatic heterocycles. The summed E-state index contributed by atoms with van der Waals surface area (Å²) in [4.78, 5) is 23.2. The summed E-state index contributed by atoms with van der Waals surface area (Å²) >= 11 is 0. The van der Waals surface area contributed by atoms with Gasteiger partial charge in [-0.15, -0.1) is 0 Å². The number of carbonyl (C=O) groups is 1. The van der Waals surface area contributed by atoms with Crippen LogP contribution in [0.25, 0.3) is 0 Å². The van der Waals surface area contributed by atoms with Gasteiger partial charge >= 0.3 is 7.82 Å². The van der Waals surface area contributed by atoms with Crippen LogP contribution in [0.4, 0.5) is 0 Å². The summed E-state index contributed by atoms with van der Waals surface area (Å²) in [6.07, 6.45) is 47.0. The molecule has 0 aromatic rings. The predicted octanol–water partition coefficient (Wildman–Crippen LogP) is 13.9. The Balaban J connectivity index is 4.23. The minimum Gasteiger partial charge on any atom is -0.391 e. The first kappa shape index (κ1) is 56.2. The number of carbonyl (C=O) groups excluding carboxylic acids is 1. The molecule has 3 atom stereocenters. The van der Waals surface area contributed by atoms with Crippen LogP contribution in [0.1, 0.15) is 239 Å². The van der Waals surface area contributed by atoms with E-state index in [1.54, 1.807) is 0 Å². The first-order chi connectivity index (χ1) is 27.5. The number of phosphoric ester groups is 1. The topological polar surface area (TPSA) is 105 Å². The third-order valence-electron chi connectivity index (χ3n) is 11.3. The first-order valence-electron chi connectivity index (χ1n) is 24.6. The zero-order chi connectivity index (χ0) is 42.1. The van der Waals surface area contributed by atoms with Crippen LogP contribution in [-0.2, 0) is 18.4 Å². The normalized spacial score (nSPS) is 14.3. The van der Waals surface area contributed by atoms with E-state index >= 15 is 0 Å². The number of allylic oxidation sites excluding steroid dienone is 1. The number of likely N-dealkylation sites (N-methyl/N-ethyl adjacent to an activating group) is 1. The fourth-order valence-corrected chi connectivity index (χ4v) is 8.07. The van der Waals surface area contributed by atoms with E-state index < -0.39 is 20.0 Å². The Morgan fingerprint density at radius 1 is 0.579 bits per heavy atom. The average Bonchev–Trinajstić information content (AvgIpc) is 3.16. The molecule has 0 aliphatic rings. The van der Waals surface area contributed by atoms with E-state index in [0.29, 0.717) is 23.9 Å². The second-order valence-electron chi connectivity index (χ2n) is 18.2. The van der Waals surface area contributed by atoms with Gasteiger partial charge in [0.05, 0.1) is 39.9 Å². The smallest absolute Gasteiger partial charge is 0.391 e. The Morgan fingerprint density at radius 2 is 0.947 bits per heavy atom. The van der Waals surface area contributed by atoms with Crippen LogP contribution < -0.4 is 5.32 Å². The van der Waals surface area contributed by atoms with Crippen molar-refractivity contribution < 1.29 is 32.9 Å².